The molecule has 7 heteroatoms. The molecule has 7 nitrogen and oxygen atoms in total. The van der Waals surface area contributed by atoms with Gasteiger partial charge in [-0.3, -0.25) is 0 Å². The Morgan fingerprint density at radius 1 is 1.53 bits per heavy atom. The molecule has 0 amide bonds. The molecule has 1 saturated heterocycles. The predicted octanol–water partition coefficient (Wildman–Crippen LogP) is 0.482. The van der Waals surface area contributed by atoms with Gasteiger partial charge in [0.15, 0.2) is 11.8 Å². The number of aliphatic imine (C=N–C) groups is 1. The molecule has 2 fully saturated rings. The van der Waals surface area contributed by atoms with Crippen LogP contribution in [0.5, 0.6) is 0 Å². The topological polar surface area (TPSA) is 89.8 Å². The third-order valence-electron chi connectivity index (χ3n) is 3.36. The number of morpholine rings is 1. The van der Waals surface area contributed by atoms with E-state index in [1.54, 1.807) is 0 Å². The molecule has 0 aromatic carbocycles. The van der Waals surface area contributed by atoms with Crippen molar-refractivity contribution in [2.75, 3.05) is 19.7 Å². The maximum absolute atomic E-state index is 5.97. The van der Waals surface area contributed by atoms with E-state index in [2.05, 4.69) is 15.1 Å². The van der Waals surface area contributed by atoms with Crippen LogP contribution in [0, 0.1) is 0 Å². The van der Waals surface area contributed by atoms with Crippen molar-refractivity contribution in [1.29, 1.82) is 0 Å². The van der Waals surface area contributed by atoms with Crippen LogP contribution < -0.4 is 5.73 Å². The fourth-order valence-corrected chi connectivity index (χ4v) is 2.11. The lowest BCUT2D eigenvalue weighted by Crippen LogP contribution is -2.47. The second-order valence-electron chi connectivity index (χ2n) is 5.12. The number of guanidine groups is 1. The Balaban J connectivity index is 1.57. The average Bonchev–Trinajstić information content (AvgIpc) is 3.15. The third kappa shape index (κ3) is 3.04. The van der Waals surface area contributed by atoms with Gasteiger partial charge in [-0.25, -0.2) is 4.99 Å². The van der Waals surface area contributed by atoms with Crippen molar-refractivity contribution in [1.82, 2.24) is 15.0 Å². The van der Waals surface area contributed by atoms with Crippen molar-refractivity contribution in [3.8, 4) is 0 Å². The van der Waals surface area contributed by atoms with Gasteiger partial charge in [0.2, 0.25) is 5.89 Å². The van der Waals surface area contributed by atoms with Crippen LogP contribution in [0.15, 0.2) is 9.52 Å². The van der Waals surface area contributed by atoms with Crippen LogP contribution in [-0.2, 0) is 11.3 Å². The zero-order valence-electron chi connectivity index (χ0n) is 11.1. The number of nitrogens with zero attached hydrogens (tertiary/aromatic N) is 4. The van der Waals surface area contributed by atoms with E-state index in [1.165, 1.54) is 0 Å². The summed E-state index contributed by atoms with van der Waals surface area (Å²) in [5.74, 6) is 2.34. The molecule has 1 aromatic heterocycles. The van der Waals surface area contributed by atoms with Gasteiger partial charge in [-0.2, -0.15) is 4.98 Å². The largest absolute Gasteiger partial charge is 0.375 e. The first-order valence-electron chi connectivity index (χ1n) is 6.71. The van der Waals surface area contributed by atoms with E-state index in [1.807, 2.05) is 11.8 Å². The quantitative estimate of drug-likeness (QED) is 0.631. The van der Waals surface area contributed by atoms with E-state index < -0.39 is 0 Å². The molecule has 19 heavy (non-hydrogen) atoms. The molecule has 104 valence electrons. The highest BCUT2D eigenvalue weighted by Gasteiger charge is 2.29. The Morgan fingerprint density at radius 3 is 3.11 bits per heavy atom. The number of hydrogen-bond acceptors (Lipinski definition) is 5. The number of hydrogen-bond donors (Lipinski definition) is 1. The van der Waals surface area contributed by atoms with E-state index in [9.17, 15) is 0 Å². The molecule has 2 aliphatic rings. The van der Waals surface area contributed by atoms with Crippen molar-refractivity contribution in [3.63, 3.8) is 0 Å². The molecule has 3 rings (SSSR count). The minimum atomic E-state index is 0.189. The fraction of sp³-hybridized carbons (Fsp3) is 0.750. The summed E-state index contributed by atoms with van der Waals surface area (Å²) in [5.41, 5.74) is 5.97. The minimum Gasteiger partial charge on any atom is -0.375 e. The summed E-state index contributed by atoms with van der Waals surface area (Å²) in [6.07, 6.45) is 2.49. The first kappa shape index (κ1) is 12.4. The lowest BCUT2D eigenvalue weighted by atomic mass is 10.3. The van der Waals surface area contributed by atoms with Gasteiger partial charge in [0, 0.05) is 19.0 Å². The lowest BCUT2D eigenvalue weighted by Gasteiger charge is -2.31. The lowest BCUT2D eigenvalue weighted by molar-refractivity contribution is 0.00528. The molecule has 0 spiro atoms. The highest BCUT2D eigenvalue weighted by Crippen LogP contribution is 2.38. The first-order chi connectivity index (χ1) is 9.22. The van der Waals surface area contributed by atoms with Crippen LogP contribution >= 0.6 is 0 Å². The molecule has 1 atom stereocenters. The predicted molar refractivity (Wildman–Crippen MR) is 68.6 cm³/mol. The van der Waals surface area contributed by atoms with Crippen molar-refractivity contribution in [2.45, 2.75) is 38.3 Å². The third-order valence-corrected chi connectivity index (χ3v) is 3.36. The number of aromatic nitrogens is 2. The molecule has 1 saturated carbocycles. The van der Waals surface area contributed by atoms with Gasteiger partial charge in [0.1, 0.15) is 6.54 Å². The summed E-state index contributed by atoms with van der Waals surface area (Å²) in [6.45, 7) is 4.63. The van der Waals surface area contributed by atoms with Crippen molar-refractivity contribution < 1.29 is 9.26 Å². The SMILES string of the molecule is CC1CN(C(N)=NCc2noc(C3CC3)n2)CCO1. The number of nitrogens with two attached hydrogens (primary N) is 1. The Labute approximate surface area is 111 Å². The van der Waals surface area contributed by atoms with Crippen LogP contribution in [0.25, 0.3) is 0 Å². The fourth-order valence-electron chi connectivity index (χ4n) is 2.11. The van der Waals surface area contributed by atoms with E-state index >= 15 is 0 Å². The van der Waals surface area contributed by atoms with E-state index in [4.69, 9.17) is 15.0 Å². The van der Waals surface area contributed by atoms with Gasteiger partial charge >= 0.3 is 0 Å². The second kappa shape index (κ2) is 5.16. The minimum absolute atomic E-state index is 0.189. The normalized spacial score (nSPS) is 24.8. The molecule has 0 radical (unpaired) electrons. The van der Waals surface area contributed by atoms with Crippen LogP contribution in [0.2, 0.25) is 0 Å². The maximum Gasteiger partial charge on any atom is 0.229 e. The van der Waals surface area contributed by atoms with Crippen LogP contribution in [-0.4, -0.2) is 46.8 Å². The van der Waals surface area contributed by atoms with Gasteiger partial charge < -0.3 is 19.9 Å². The van der Waals surface area contributed by atoms with E-state index in [0.717, 1.165) is 31.8 Å². The van der Waals surface area contributed by atoms with Gasteiger partial charge in [-0.1, -0.05) is 5.16 Å². The second-order valence-corrected chi connectivity index (χ2v) is 5.12. The van der Waals surface area contributed by atoms with Gasteiger partial charge in [0.05, 0.1) is 12.7 Å². The number of rotatable bonds is 3. The molecule has 1 aliphatic heterocycles. The molecule has 1 aromatic rings. The van der Waals surface area contributed by atoms with Crippen LogP contribution in [0.1, 0.15) is 37.4 Å². The molecular weight excluding hydrogens is 246 g/mol. The molecule has 2 heterocycles. The first-order valence-corrected chi connectivity index (χ1v) is 6.71. The molecule has 0 bridgehead atoms. The molecule has 1 unspecified atom stereocenters. The van der Waals surface area contributed by atoms with E-state index in [-0.39, 0.29) is 6.10 Å². The highest BCUT2D eigenvalue weighted by atomic mass is 16.5. The molecular formula is C12H19N5O2. The number of ether oxygens (including phenoxy) is 1. The summed E-state index contributed by atoms with van der Waals surface area (Å²) in [6, 6.07) is 0. The standard InChI is InChI=1S/C12H19N5O2/c1-8-7-17(4-5-18-8)12(13)14-6-10-15-11(19-16-10)9-2-3-9/h8-9H,2-7H2,1H3,(H2,13,14). The average molecular weight is 265 g/mol. The smallest absolute Gasteiger partial charge is 0.229 e. The zero-order chi connectivity index (χ0) is 13.2. The summed E-state index contributed by atoms with van der Waals surface area (Å²) < 4.78 is 10.6. The van der Waals surface area contributed by atoms with Gasteiger partial charge in [-0.05, 0) is 19.8 Å². The Morgan fingerprint density at radius 2 is 2.37 bits per heavy atom. The Hall–Kier alpha value is -1.63. The van der Waals surface area contributed by atoms with Crippen molar-refractivity contribution >= 4 is 5.96 Å². The van der Waals surface area contributed by atoms with E-state index in [0.29, 0.717) is 30.9 Å². The zero-order valence-corrected chi connectivity index (χ0v) is 11.1. The maximum atomic E-state index is 5.97. The van der Waals surface area contributed by atoms with Gasteiger partial charge in [-0.15, -0.1) is 0 Å². The summed E-state index contributed by atoms with van der Waals surface area (Å²) in [4.78, 5) is 10.7. The van der Waals surface area contributed by atoms with Crippen LogP contribution in [0.4, 0.5) is 0 Å². The van der Waals surface area contributed by atoms with Gasteiger partial charge in [0.25, 0.3) is 0 Å². The summed E-state index contributed by atoms with van der Waals surface area (Å²) >= 11 is 0. The Bertz CT molecular complexity index is 468. The molecule has 1 aliphatic carbocycles. The Kier molecular flexibility index (Phi) is 3.37. The summed E-state index contributed by atoms with van der Waals surface area (Å²) in [5, 5.41) is 3.92. The van der Waals surface area contributed by atoms with Crippen molar-refractivity contribution in [2.24, 2.45) is 10.7 Å². The molecule has 2 N–H and O–H groups in total. The van der Waals surface area contributed by atoms with Crippen LogP contribution in [0.3, 0.4) is 0 Å². The monoisotopic (exact) mass is 265 g/mol. The summed E-state index contributed by atoms with van der Waals surface area (Å²) in [7, 11) is 0. The highest BCUT2D eigenvalue weighted by molar-refractivity contribution is 5.78. The van der Waals surface area contributed by atoms with Crippen molar-refractivity contribution in [3.05, 3.63) is 11.7 Å².